The zero-order valence-corrected chi connectivity index (χ0v) is 9.19. The van der Waals surface area contributed by atoms with Gasteiger partial charge in [0.15, 0.2) is 0 Å². The Morgan fingerprint density at radius 3 is 3.00 bits per heavy atom. The molecular formula is C12H14O4. The third kappa shape index (κ3) is 0.950. The number of rotatable bonds is 2. The van der Waals surface area contributed by atoms with Crippen molar-refractivity contribution in [1.29, 1.82) is 0 Å². The van der Waals surface area contributed by atoms with Crippen LogP contribution in [0.5, 0.6) is 0 Å². The van der Waals surface area contributed by atoms with E-state index in [9.17, 15) is 9.59 Å². The highest BCUT2D eigenvalue weighted by atomic mass is 16.7. The van der Waals surface area contributed by atoms with Crippen LogP contribution in [0.2, 0.25) is 0 Å². The summed E-state index contributed by atoms with van der Waals surface area (Å²) >= 11 is 0. The van der Waals surface area contributed by atoms with Gasteiger partial charge in [-0.05, 0) is 25.7 Å². The molecule has 0 radical (unpaired) electrons. The summed E-state index contributed by atoms with van der Waals surface area (Å²) in [5, 5.41) is 0. The Morgan fingerprint density at radius 2 is 2.38 bits per heavy atom. The predicted molar refractivity (Wildman–Crippen MR) is 54.1 cm³/mol. The van der Waals surface area contributed by atoms with Crippen LogP contribution < -0.4 is 0 Å². The van der Waals surface area contributed by atoms with Gasteiger partial charge in [0, 0.05) is 12.5 Å². The molecule has 4 unspecified atom stereocenters. The van der Waals surface area contributed by atoms with Crippen molar-refractivity contribution in [3.63, 3.8) is 0 Å². The van der Waals surface area contributed by atoms with Crippen molar-refractivity contribution in [3.05, 3.63) is 12.7 Å². The number of carbonyl (C=O) groups is 2. The number of hydrogen-bond donors (Lipinski definition) is 0. The second-order valence-electron chi connectivity index (χ2n) is 5.31. The van der Waals surface area contributed by atoms with Gasteiger partial charge in [-0.3, -0.25) is 4.79 Å². The first-order valence-electron chi connectivity index (χ1n) is 5.59. The lowest BCUT2D eigenvalue weighted by Crippen LogP contribution is -2.41. The molecule has 3 rings (SSSR count). The SMILES string of the molecule is C=CC(=O)OC12CC3CC1C(C)(C3)C(=O)O2. The Morgan fingerprint density at radius 1 is 1.62 bits per heavy atom. The van der Waals surface area contributed by atoms with E-state index in [1.165, 1.54) is 0 Å². The van der Waals surface area contributed by atoms with Crippen molar-refractivity contribution in [1.82, 2.24) is 0 Å². The second-order valence-corrected chi connectivity index (χ2v) is 5.31. The van der Waals surface area contributed by atoms with Crippen LogP contribution in [-0.4, -0.2) is 17.7 Å². The predicted octanol–water partition coefficient (Wildman–Crippen LogP) is 1.40. The largest absolute Gasteiger partial charge is 0.422 e. The van der Waals surface area contributed by atoms with E-state index in [4.69, 9.17) is 9.47 Å². The van der Waals surface area contributed by atoms with E-state index in [-0.39, 0.29) is 11.9 Å². The monoisotopic (exact) mass is 222 g/mol. The van der Waals surface area contributed by atoms with Crippen LogP contribution in [-0.2, 0) is 19.1 Å². The fourth-order valence-electron chi connectivity index (χ4n) is 3.74. The van der Waals surface area contributed by atoms with E-state index < -0.39 is 17.2 Å². The summed E-state index contributed by atoms with van der Waals surface area (Å²) in [6.07, 6.45) is 3.55. The van der Waals surface area contributed by atoms with Crippen molar-refractivity contribution in [2.45, 2.75) is 32.0 Å². The fourth-order valence-corrected chi connectivity index (χ4v) is 3.74. The molecule has 16 heavy (non-hydrogen) atoms. The molecule has 0 aromatic heterocycles. The van der Waals surface area contributed by atoms with E-state index in [1.54, 1.807) is 0 Å². The van der Waals surface area contributed by atoms with Crippen LogP contribution in [0.3, 0.4) is 0 Å². The summed E-state index contributed by atoms with van der Waals surface area (Å²) in [7, 11) is 0. The maximum absolute atomic E-state index is 11.9. The Kier molecular flexibility index (Phi) is 1.65. The Balaban J connectivity index is 1.96. The summed E-state index contributed by atoms with van der Waals surface area (Å²) in [6, 6.07) is 0. The summed E-state index contributed by atoms with van der Waals surface area (Å²) in [5.41, 5.74) is -0.440. The van der Waals surface area contributed by atoms with Crippen LogP contribution in [0, 0.1) is 17.3 Å². The van der Waals surface area contributed by atoms with Crippen molar-refractivity contribution in [2.24, 2.45) is 17.3 Å². The van der Waals surface area contributed by atoms with Gasteiger partial charge >= 0.3 is 11.9 Å². The summed E-state index contributed by atoms with van der Waals surface area (Å²) in [4.78, 5) is 23.2. The molecule has 4 nitrogen and oxygen atoms in total. The molecule has 1 aliphatic heterocycles. The van der Waals surface area contributed by atoms with Gasteiger partial charge in [0.05, 0.1) is 11.3 Å². The highest BCUT2D eigenvalue weighted by molar-refractivity contribution is 5.84. The summed E-state index contributed by atoms with van der Waals surface area (Å²) in [5.74, 6) is -1.24. The molecule has 86 valence electrons. The number of hydrogen-bond acceptors (Lipinski definition) is 4. The van der Waals surface area contributed by atoms with Gasteiger partial charge in [-0.25, -0.2) is 4.79 Å². The Bertz CT molecular complexity index is 402. The van der Waals surface area contributed by atoms with Crippen molar-refractivity contribution >= 4 is 11.9 Å². The molecule has 0 N–H and O–H groups in total. The van der Waals surface area contributed by atoms with Gasteiger partial charge in [0.25, 0.3) is 5.79 Å². The number of ether oxygens (including phenoxy) is 2. The molecule has 2 saturated carbocycles. The zero-order valence-electron chi connectivity index (χ0n) is 9.19. The molecule has 4 atom stereocenters. The van der Waals surface area contributed by atoms with Crippen molar-refractivity contribution in [2.75, 3.05) is 0 Å². The summed E-state index contributed by atoms with van der Waals surface area (Å²) < 4.78 is 10.7. The molecule has 3 aliphatic rings. The highest BCUT2D eigenvalue weighted by Gasteiger charge is 2.73. The average Bonchev–Trinajstić information content (AvgIpc) is 2.74. The topological polar surface area (TPSA) is 52.6 Å². The lowest BCUT2D eigenvalue weighted by Gasteiger charge is -2.32. The maximum atomic E-state index is 11.9. The quantitative estimate of drug-likeness (QED) is 0.523. The van der Waals surface area contributed by atoms with Crippen LogP contribution >= 0.6 is 0 Å². The number of esters is 2. The van der Waals surface area contributed by atoms with Gasteiger partial charge in [-0.15, -0.1) is 0 Å². The fraction of sp³-hybridized carbons (Fsp3) is 0.667. The van der Waals surface area contributed by atoms with E-state index in [0.717, 1.165) is 18.9 Å². The lowest BCUT2D eigenvalue weighted by molar-refractivity contribution is -0.218. The van der Waals surface area contributed by atoms with Crippen molar-refractivity contribution < 1.29 is 19.1 Å². The first-order chi connectivity index (χ1) is 7.50. The molecule has 2 aliphatic carbocycles. The van der Waals surface area contributed by atoms with Gasteiger partial charge in [-0.1, -0.05) is 6.58 Å². The molecule has 0 spiro atoms. The van der Waals surface area contributed by atoms with Gasteiger partial charge < -0.3 is 9.47 Å². The first-order valence-corrected chi connectivity index (χ1v) is 5.59. The minimum Gasteiger partial charge on any atom is -0.422 e. The van der Waals surface area contributed by atoms with E-state index in [2.05, 4.69) is 6.58 Å². The molecular weight excluding hydrogens is 208 g/mol. The van der Waals surface area contributed by atoms with Crippen molar-refractivity contribution in [3.8, 4) is 0 Å². The maximum Gasteiger partial charge on any atom is 0.333 e. The summed E-state index contributed by atoms with van der Waals surface area (Å²) in [6.45, 7) is 5.28. The van der Waals surface area contributed by atoms with E-state index in [0.29, 0.717) is 12.3 Å². The molecule has 2 bridgehead atoms. The average molecular weight is 222 g/mol. The minimum absolute atomic E-state index is 0.0291. The lowest BCUT2D eigenvalue weighted by atomic mass is 9.74. The molecule has 0 aromatic rings. The van der Waals surface area contributed by atoms with Gasteiger partial charge in [0.2, 0.25) is 0 Å². The first kappa shape index (κ1) is 9.87. The molecule has 1 saturated heterocycles. The molecule has 3 fully saturated rings. The second kappa shape index (κ2) is 2.67. The molecule has 0 aromatic carbocycles. The Hall–Kier alpha value is -1.32. The highest BCUT2D eigenvalue weighted by Crippen LogP contribution is 2.66. The Labute approximate surface area is 93.6 Å². The molecule has 1 heterocycles. The third-order valence-electron chi connectivity index (χ3n) is 4.33. The molecule has 4 heteroatoms. The normalized spacial score (nSPS) is 47.9. The molecule has 0 amide bonds. The van der Waals surface area contributed by atoms with Crippen LogP contribution in [0.1, 0.15) is 26.2 Å². The standard InChI is InChI=1S/C12H14O4/c1-3-9(13)15-12-6-7-4-8(12)11(2,5-7)10(14)16-12/h3,7-8H,1,4-6H2,2H3. The third-order valence-corrected chi connectivity index (χ3v) is 4.33. The van der Waals surface area contributed by atoms with Gasteiger partial charge in [-0.2, -0.15) is 0 Å². The zero-order chi connectivity index (χ0) is 11.6. The van der Waals surface area contributed by atoms with Gasteiger partial charge in [0.1, 0.15) is 0 Å². The number of carbonyl (C=O) groups excluding carboxylic acids is 2. The van der Waals surface area contributed by atoms with E-state index in [1.807, 2.05) is 6.92 Å². The van der Waals surface area contributed by atoms with Crippen LogP contribution in [0.4, 0.5) is 0 Å². The van der Waals surface area contributed by atoms with E-state index >= 15 is 0 Å². The van der Waals surface area contributed by atoms with Crippen LogP contribution in [0.25, 0.3) is 0 Å². The van der Waals surface area contributed by atoms with Crippen LogP contribution in [0.15, 0.2) is 12.7 Å². The number of fused-ring (bicyclic) bond motifs is 1. The smallest absolute Gasteiger partial charge is 0.333 e. The minimum atomic E-state index is -0.986.